The van der Waals surface area contributed by atoms with Crippen LogP contribution in [-0.4, -0.2) is 74.6 Å². The molecule has 0 bridgehead atoms. The highest BCUT2D eigenvalue weighted by Crippen LogP contribution is 2.27. The van der Waals surface area contributed by atoms with Crippen LogP contribution < -0.4 is 5.32 Å². The number of piperidine rings is 2. The highest BCUT2D eigenvalue weighted by atomic mass is 32.2. The predicted octanol–water partition coefficient (Wildman–Crippen LogP) is 2.17. The number of aromatic nitrogens is 1. The first-order valence-electron chi connectivity index (χ1n) is 10.6. The van der Waals surface area contributed by atoms with Crippen molar-refractivity contribution >= 4 is 15.8 Å². The Balaban J connectivity index is 1.38. The quantitative estimate of drug-likeness (QED) is 0.778. The third-order valence-electron chi connectivity index (χ3n) is 6.17. The first-order chi connectivity index (χ1) is 13.6. The normalized spacial score (nSPS) is 25.8. The van der Waals surface area contributed by atoms with Gasteiger partial charge in [-0.15, -0.1) is 0 Å². The SMILES string of the molecule is O=S(=O)(c1cccnc1NC1CCN(CC2CCOC2)CC1)N1CCCCC1. The number of rotatable bonds is 6. The van der Waals surface area contributed by atoms with Crippen LogP contribution in [0, 0.1) is 5.92 Å². The number of pyridine rings is 1. The molecule has 4 rings (SSSR count). The van der Waals surface area contributed by atoms with E-state index in [1.807, 2.05) is 0 Å². The lowest BCUT2D eigenvalue weighted by Crippen LogP contribution is -2.42. The van der Waals surface area contributed by atoms with Crippen molar-refractivity contribution in [2.24, 2.45) is 5.92 Å². The molecule has 7 nitrogen and oxygen atoms in total. The minimum Gasteiger partial charge on any atom is -0.381 e. The van der Waals surface area contributed by atoms with Crippen molar-refractivity contribution in [3.05, 3.63) is 18.3 Å². The lowest BCUT2D eigenvalue weighted by Gasteiger charge is -2.34. The summed E-state index contributed by atoms with van der Waals surface area (Å²) in [7, 11) is -3.49. The van der Waals surface area contributed by atoms with Gasteiger partial charge >= 0.3 is 0 Å². The molecule has 156 valence electrons. The van der Waals surface area contributed by atoms with Crippen LogP contribution in [0.4, 0.5) is 5.82 Å². The van der Waals surface area contributed by atoms with Crippen molar-refractivity contribution in [3.63, 3.8) is 0 Å². The van der Waals surface area contributed by atoms with Gasteiger partial charge in [-0.2, -0.15) is 4.31 Å². The van der Waals surface area contributed by atoms with Crippen LogP contribution in [0.2, 0.25) is 0 Å². The van der Waals surface area contributed by atoms with Crippen LogP contribution in [0.25, 0.3) is 0 Å². The first kappa shape index (κ1) is 20.1. The molecule has 1 N–H and O–H groups in total. The number of hydrogen-bond donors (Lipinski definition) is 1. The zero-order valence-electron chi connectivity index (χ0n) is 16.6. The number of sulfonamides is 1. The molecule has 0 spiro atoms. The number of nitrogens with zero attached hydrogens (tertiary/aromatic N) is 3. The smallest absolute Gasteiger partial charge is 0.246 e. The van der Waals surface area contributed by atoms with Gasteiger partial charge in [-0.3, -0.25) is 0 Å². The maximum atomic E-state index is 13.1. The molecule has 0 amide bonds. The minimum absolute atomic E-state index is 0.265. The molecule has 28 heavy (non-hydrogen) atoms. The molecule has 3 saturated heterocycles. The number of hydrogen-bond acceptors (Lipinski definition) is 6. The maximum Gasteiger partial charge on any atom is 0.246 e. The lowest BCUT2D eigenvalue weighted by atomic mass is 10.0. The Labute approximate surface area is 168 Å². The Bertz CT molecular complexity index is 738. The van der Waals surface area contributed by atoms with Crippen molar-refractivity contribution in [2.75, 3.05) is 51.3 Å². The molecule has 4 heterocycles. The Morgan fingerprint density at radius 2 is 1.89 bits per heavy atom. The molecule has 1 aromatic heterocycles. The first-order valence-corrected chi connectivity index (χ1v) is 12.1. The summed E-state index contributed by atoms with van der Waals surface area (Å²) >= 11 is 0. The van der Waals surface area contributed by atoms with Crippen LogP contribution in [0.1, 0.15) is 38.5 Å². The Morgan fingerprint density at radius 3 is 2.61 bits per heavy atom. The highest BCUT2D eigenvalue weighted by Gasteiger charge is 2.30. The van der Waals surface area contributed by atoms with E-state index in [1.165, 1.54) is 6.42 Å². The summed E-state index contributed by atoms with van der Waals surface area (Å²) in [5.74, 6) is 1.18. The number of nitrogens with one attached hydrogen (secondary N) is 1. The van der Waals surface area contributed by atoms with Crippen molar-refractivity contribution in [2.45, 2.75) is 49.5 Å². The van der Waals surface area contributed by atoms with E-state index < -0.39 is 10.0 Å². The summed E-state index contributed by atoms with van der Waals surface area (Å²) in [6.45, 7) is 6.20. The zero-order valence-corrected chi connectivity index (χ0v) is 17.4. The van der Waals surface area contributed by atoms with Crippen molar-refractivity contribution in [3.8, 4) is 0 Å². The molecule has 0 aliphatic carbocycles. The standard InChI is InChI=1S/C20H32N4O3S/c25-28(26,24-10-2-1-3-11-24)19-5-4-9-21-20(19)22-18-6-12-23(13-7-18)15-17-8-14-27-16-17/h4-5,9,17-18H,1-3,6-8,10-16H2,(H,21,22). The van der Waals surface area contributed by atoms with E-state index in [1.54, 1.807) is 22.6 Å². The van der Waals surface area contributed by atoms with E-state index in [0.717, 1.165) is 65.0 Å². The van der Waals surface area contributed by atoms with Gasteiger partial charge in [0, 0.05) is 51.6 Å². The summed E-state index contributed by atoms with van der Waals surface area (Å²) in [4.78, 5) is 7.23. The molecule has 3 aliphatic heterocycles. The maximum absolute atomic E-state index is 13.1. The Morgan fingerprint density at radius 1 is 1.11 bits per heavy atom. The number of ether oxygens (including phenoxy) is 1. The van der Waals surface area contributed by atoms with E-state index in [2.05, 4.69) is 15.2 Å². The van der Waals surface area contributed by atoms with Gasteiger partial charge in [0.25, 0.3) is 0 Å². The molecule has 0 saturated carbocycles. The van der Waals surface area contributed by atoms with Gasteiger partial charge in [-0.1, -0.05) is 6.42 Å². The van der Waals surface area contributed by atoms with Crippen LogP contribution in [0.3, 0.4) is 0 Å². The monoisotopic (exact) mass is 408 g/mol. The third-order valence-corrected chi connectivity index (χ3v) is 8.10. The summed E-state index contributed by atoms with van der Waals surface area (Å²) < 4.78 is 33.3. The van der Waals surface area contributed by atoms with Crippen molar-refractivity contribution < 1.29 is 13.2 Å². The lowest BCUT2D eigenvalue weighted by molar-refractivity contribution is 0.154. The number of likely N-dealkylation sites (tertiary alicyclic amines) is 1. The predicted molar refractivity (Wildman–Crippen MR) is 109 cm³/mol. The van der Waals surface area contributed by atoms with Gasteiger partial charge in [-0.25, -0.2) is 13.4 Å². The van der Waals surface area contributed by atoms with E-state index in [9.17, 15) is 8.42 Å². The molecule has 8 heteroatoms. The van der Waals surface area contributed by atoms with Gasteiger partial charge in [0.05, 0.1) is 6.61 Å². The minimum atomic E-state index is -3.49. The summed E-state index contributed by atoms with van der Waals surface area (Å²) in [5, 5.41) is 3.44. The summed E-state index contributed by atoms with van der Waals surface area (Å²) in [6, 6.07) is 3.67. The van der Waals surface area contributed by atoms with E-state index in [4.69, 9.17) is 4.74 Å². The zero-order chi connectivity index (χ0) is 19.4. The average molecular weight is 409 g/mol. The van der Waals surface area contributed by atoms with Crippen LogP contribution in [-0.2, 0) is 14.8 Å². The fraction of sp³-hybridized carbons (Fsp3) is 0.750. The molecule has 1 unspecified atom stereocenters. The van der Waals surface area contributed by atoms with Gasteiger partial charge in [0.1, 0.15) is 10.7 Å². The molecule has 1 aromatic rings. The van der Waals surface area contributed by atoms with E-state index in [0.29, 0.717) is 29.7 Å². The van der Waals surface area contributed by atoms with Crippen molar-refractivity contribution in [1.82, 2.24) is 14.2 Å². The molecular weight excluding hydrogens is 376 g/mol. The summed E-state index contributed by atoms with van der Waals surface area (Å²) in [6.07, 6.45) is 7.84. The van der Waals surface area contributed by atoms with Gasteiger partial charge in [0.15, 0.2) is 0 Å². The molecule has 1 atom stereocenters. The fourth-order valence-corrected chi connectivity index (χ4v) is 6.12. The molecule has 3 fully saturated rings. The van der Waals surface area contributed by atoms with Crippen LogP contribution in [0.15, 0.2) is 23.2 Å². The topological polar surface area (TPSA) is 74.8 Å². The molecular formula is C20H32N4O3S. The van der Waals surface area contributed by atoms with Crippen LogP contribution in [0.5, 0.6) is 0 Å². The molecule has 0 aromatic carbocycles. The van der Waals surface area contributed by atoms with Gasteiger partial charge in [-0.05, 0) is 50.2 Å². The third kappa shape index (κ3) is 4.67. The second-order valence-electron chi connectivity index (χ2n) is 8.26. The van der Waals surface area contributed by atoms with Crippen LogP contribution >= 0.6 is 0 Å². The second kappa shape index (κ2) is 9.07. The van der Waals surface area contributed by atoms with Crippen molar-refractivity contribution in [1.29, 1.82) is 0 Å². The van der Waals surface area contributed by atoms with E-state index >= 15 is 0 Å². The Hall–Kier alpha value is -1.22. The van der Waals surface area contributed by atoms with Gasteiger partial charge in [0.2, 0.25) is 10.0 Å². The largest absolute Gasteiger partial charge is 0.381 e. The second-order valence-corrected chi connectivity index (χ2v) is 10.2. The summed E-state index contributed by atoms with van der Waals surface area (Å²) in [5.41, 5.74) is 0. The highest BCUT2D eigenvalue weighted by molar-refractivity contribution is 7.89. The Kier molecular flexibility index (Phi) is 6.50. The fourth-order valence-electron chi connectivity index (χ4n) is 4.50. The molecule has 3 aliphatic rings. The molecule has 0 radical (unpaired) electrons. The average Bonchev–Trinajstić information content (AvgIpc) is 3.23. The number of anilines is 1. The van der Waals surface area contributed by atoms with Gasteiger partial charge < -0.3 is 15.0 Å². The van der Waals surface area contributed by atoms with E-state index in [-0.39, 0.29) is 6.04 Å².